The number of hydrogen-bond acceptors (Lipinski definition) is 2. The van der Waals surface area contributed by atoms with E-state index >= 15 is 0 Å². The molecule has 0 aromatic heterocycles. The molecule has 0 aromatic rings. The number of rotatable bonds is 3. The second kappa shape index (κ2) is 4.30. The summed E-state index contributed by atoms with van der Waals surface area (Å²) in [6, 6.07) is 0.0123. The molecule has 1 nitrogen and oxygen atoms in total. The van der Waals surface area contributed by atoms with Gasteiger partial charge in [-0.2, -0.15) is 0 Å². The molecule has 1 atom stereocenters. The van der Waals surface area contributed by atoms with Crippen LogP contribution in [0.4, 0.5) is 0 Å². The van der Waals surface area contributed by atoms with Crippen LogP contribution in [-0.2, 0) is 0 Å². The van der Waals surface area contributed by atoms with Crippen LogP contribution >= 0.6 is 24.8 Å². The standard InChI is InChI=1S/C5H11NS2/c1-2-3-4(6)5(7)8/h4H,2-3,6H2,1H3,(H,7,8)/t4-/m0/s1. The van der Waals surface area contributed by atoms with E-state index in [1.165, 1.54) is 0 Å². The van der Waals surface area contributed by atoms with Gasteiger partial charge in [0.15, 0.2) is 0 Å². The first-order valence-corrected chi connectivity index (χ1v) is 3.52. The maximum absolute atomic E-state index is 5.51. The van der Waals surface area contributed by atoms with Crippen molar-refractivity contribution >= 4 is 29.0 Å². The van der Waals surface area contributed by atoms with Gasteiger partial charge in [0, 0.05) is 6.04 Å². The van der Waals surface area contributed by atoms with E-state index in [4.69, 9.17) is 18.0 Å². The van der Waals surface area contributed by atoms with Gasteiger partial charge in [0.05, 0.1) is 4.20 Å². The molecule has 0 aliphatic rings. The molecule has 0 unspecified atom stereocenters. The monoisotopic (exact) mass is 149 g/mol. The third kappa shape index (κ3) is 3.41. The lowest BCUT2D eigenvalue weighted by Gasteiger charge is -2.04. The van der Waals surface area contributed by atoms with Crippen molar-refractivity contribution in [1.82, 2.24) is 0 Å². The molecule has 0 saturated carbocycles. The Hall–Kier alpha value is 0.400. The first kappa shape index (κ1) is 8.40. The molecule has 0 aliphatic heterocycles. The van der Waals surface area contributed by atoms with Gasteiger partial charge in [-0.3, -0.25) is 0 Å². The van der Waals surface area contributed by atoms with Crippen molar-refractivity contribution in [2.75, 3.05) is 0 Å². The van der Waals surface area contributed by atoms with Gasteiger partial charge in [0.2, 0.25) is 0 Å². The van der Waals surface area contributed by atoms with Crippen molar-refractivity contribution in [2.45, 2.75) is 25.8 Å². The molecule has 3 heteroatoms. The van der Waals surface area contributed by atoms with Gasteiger partial charge in [-0.15, -0.1) is 12.6 Å². The van der Waals surface area contributed by atoms with Crippen molar-refractivity contribution in [3.8, 4) is 0 Å². The molecule has 0 aromatic carbocycles. The summed E-state index contributed by atoms with van der Waals surface area (Å²) in [7, 11) is 0. The maximum atomic E-state index is 5.51. The van der Waals surface area contributed by atoms with Gasteiger partial charge in [-0.25, -0.2) is 0 Å². The van der Waals surface area contributed by atoms with Crippen LogP contribution in [0.2, 0.25) is 0 Å². The first-order valence-electron chi connectivity index (χ1n) is 2.67. The topological polar surface area (TPSA) is 26.0 Å². The van der Waals surface area contributed by atoms with Crippen molar-refractivity contribution in [3.05, 3.63) is 0 Å². The highest BCUT2D eigenvalue weighted by atomic mass is 32.1. The lowest BCUT2D eigenvalue weighted by atomic mass is 10.2. The molecule has 0 amide bonds. The molecule has 2 N–H and O–H groups in total. The third-order valence-corrected chi connectivity index (χ3v) is 1.55. The van der Waals surface area contributed by atoms with Gasteiger partial charge in [-0.05, 0) is 6.42 Å². The molecule has 0 rings (SSSR count). The van der Waals surface area contributed by atoms with Crippen LogP contribution in [0.5, 0.6) is 0 Å². The minimum absolute atomic E-state index is 0.0123. The fraction of sp³-hybridized carbons (Fsp3) is 0.800. The smallest absolute Gasteiger partial charge is 0.0615 e. The lowest BCUT2D eigenvalue weighted by molar-refractivity contribution is 0.743. The highest BCUT2D eigenvalue weighted by Gasteiger charge is 2.01. The van der Waals surface area contributed by atoms with Crippen molar-refractivity contribution in [3.63, 3.8) is 0 Å². The van der Waals surface area contributed by atoms with E-state index in [0.29, 0.717) is 4.20 Å². The van der Waals surface area contributed by atoms with Crippen LogP contribution < -0.4 is 5.73 Å². The molecule has 0 aliphatic carbocycles. The van der Waals surface area contributed by atoms with E-state index in [2.05, 4.69) is 19.6 Å². The zero-order valence-corrected chi connectivity index (χ0v) is 6.64. The molecule has 0 bridgehead atoms. The summed E-state index contributed by atoms with van der Waals surface area (Å²) in [5.41, 5.74) is 5.51. The normalized spacial score (nSPS) is 13.4. The average Bonchev–Trinajstić information content (AvgIpc) is 1.67. The zero-order chi connectivity index (χ0) is 6.57. The molecule has 0 spiro atoms. The van der Waals surface area contributed by atoms with Crippen molar-refractivity contribution in [1.29, 1.82) is 0 Å². The van der Waals surface area contributed by atoms with E-state index in [0.717, 1.165) is 12.8 Å². The predicted octanol–water partition coefficient (Wildman–Crippen LogP) is 1.37. The van der Waals surface area contributed by atoms with Gasteiger partial charge >= 0.3 is 0 Å². The molecule has 0 heterocycles. The van der Waals surface area contributed by atoms with Crippen molar-refractivity contribution < 1.29 is 0 Å². The Morgan fingerprint density at radius 3 is 2.50 bits per heavy atom. The number of hydrogen-bond donors (Lipinski definition) is 2. The van der Waals surface area contributed by atoms with Gasteiger partial charge in [-0.1, -0.05) is 25.6 Å². The molecule has 8 heavy (non-hydrogen) atoms. The molecular formula is C5H11NS2. The summed E-state index contributed by atoms with van der Waals surface area (Å²) in [5.74, 6) is 0. The van der Waals surface area contributed by atoms with Gasteiger partial charge in [0.1, 0.15) is 0 Å². The van der Waals surface area contributed by atoms with Gasteiger partial charge < -0.3 is 5.73 Å². The van der Waals surface area contributed by atoms with Crippen LogP contribution in [0, 0.1) is 0 Å². The number of thiocarbonyl (C=S) groups is 1. The summed E-state index contributed by atoms with van der Waals surface area (Å²) in [6.45, 7) is 2.08. The zero-order valence-electron chi connectivity index (χ0n) is 4.92. The van der Waals surface area contributed by atoms with E-state index in [-0.39, 0.29) is 6.04 Å². The largest absolute Gasteiger partial charge is 0.323 e. The third-order valence-electron chi connectivity index (χ3n) is 0.917. The average molecular weight is 149 g/mol. The maximum Gasteiger partial charge on any atom is 0.0615 e. The van der Waals surface area contributed by atoms with E-state index in [9.17, 15) is 0 Å². The Labute approximate surface area is 61.1 Å². The second-order valence-electron chi connectivity index (χ2n) is 1.73. The highest BCUT2D eigenvalue weighted by molar-refractivity contribution is 8.11. The minimum Gasteiger partial charge on any atom is -0.323 e. The number of nitrogens with two attached hydrogens (primary N) is 1. The molecular weight excluding hydrogens is 138 g/mol. The van der Waals surface area contributed by atoms with Crippen LogP contribution in [0.25, 0.3) is 0 Å². The first-order chi connectivity index (χ1) is 3.68. The molecule has 0 radical (unpaired) electrons. The summed E-state index contributed by atoms with van der Waals surface area (Å²) in [6.07, 6.45) is 2.02. The van der Waals surface area contributed by atoms with Crippen LogP contribution in [0.1, 0.15) is 19.8 Å². The van der Waals surface area contributed by atoms with E-state index in [1.807, 2.05) is 0 Å². The summed E-state index contributed by atoms with van der Waals surface area (Å²) in [5, 5.41) is 0. The van der Waals surface area contributed by atoms with Gasteiger partial charge in [0.25, 0.3) is 0 Å². The van der Waals surface area contributed by atoms with Crippen LogP contribution in [0.15, 0.2) is 0 Å². The molecule has 0 fully saturated rings. The number of thiol groups is 1. The Kier molecular flexibility index (Phi) is 4.51. The van der Waals surface area contributed by atoms with Crippen LogP contribution in [0.3, 0.4) is 0 Å². The second-order valence-corrected chi connectivity index (χ2v) is 2.96. The summed E-state index contributed by atoms with van der Waals surface area (Å²) in [4.78, 5) is 0. The van der Waals surface area contributed by atoms with Crippen LogP contribution in [-0.4, -0.2) is 10.2 Å². The molecule has 48 valence electrons. The summed E-state index contributed by atoms with van der Waals surface area (Å²) >= 11 is 8.66. The van der Waals surface area contributed by atoms with E-state index in [1.54, 1.807) is 0 Å². The Morgan fingerprint density at radius 1 is 1.88 bits per heavy atom. The fourth-order valence-corrected chi connectivity index (χ4v) is 0.681. The fourth-order valence-electron chi connectivity index (χ4n) is 0.434. The molecule has 0 saturated heterocycles. The predicted molar refractivity (Wildman–Crippen MR) is 44.5 cm³/mol. The Morgan fingerprint density at radius 2 is 2.38 bits per heavy atom. The van der Waals surface area contributed by atoms with E-state index < -0.39 is 0 Å². The minimum atomic E-state index is 0.0123. The highest BCUT2D eigenvalue weighted by Crippen LogP contribution is 1.98. The SMILES string of the molecule is CCC[C@H](N)C(=S)S. The Bertz CT molecular complexity index is 82.5. The van der Waals surface area contributed by atoms with Crippen molar-refractivity contribution in [2.24, 2.45) is 5.73 Å². The quantitative estimate of drug-likeness (QED) is 0.468. The summed E-state index contributed by atoms with van der Waals surface area (Å²) < 4.78 is 0.617. The Balaban J connectivity index is 3.32. The lowest BCUT2D eigenvalue weighted by Crippen LogP contribution is -2.24.